The van der Waals surface area contributed by atoms with Gasteiger partial charge in [0.25, 0.3) is 11.5 Å². The van der Waals surface area contributed by atoms with Gasteiger partial charge in [-0.05, 0) is 78.0 Å². The number of halogens is 1. The highest BCUT2D eigenvalue weighted by Crippen LogP contribution is 2.41. The van der Waals surface area contributed by atoms with Gasteiger partial charge in [0.2, 0.25) is 6.41 Å². The van der Waals surface area contributed by atoms with Crippen LogP contribution in [-0.4, -0.2) is 64.0 Å². The van der Waals surface area contributed by atoms with E-state index in [-0.39, 0.29) is 39.9 Å². The van der Waals surface area contributed by atoms with Crippen molar-refractivity contribution in [2.24, 2.45) is 7.05 Å². The van der Waals surface area contributed by atoms with Crippen molar-refractivity contribution in [1.29, 1.82) is 5.41 Å². The molecule has 2 aromatic heterocycles. The maximum Gasteiger partial charge on any atom is 0.290 e. The summed E-state index contributed by atoms with van der Waals surface area (Å²) in [5, 5.41) is 27.8. The van der Waals surface area contributed by atoms with E-state index in [2.05, 4.69) is 20.7 Å². The first-order chi connectivity index (χ1) is 20.7. The molecule has 0 saturated heterocycles. The molecule has 0 spiro atoms. The summed E-state index contributed by atoms with van der Waals surface area (Å²) in [7, 11) is 4.71. The number of carbonyl (C=O) groups is 2. The van der Waals surface area contributed by atoms with Gasteiger partial charge in [-0.3, -0.25) is 14.4 Å². The second-order valence-corrected chi connectivity index (χ2v) is 10.1. The third-order valence-corrected chi connectivity index (χ3v) is 6.76. The number of aliphatic hydroxyl groups is 1. The minimum absolute atomic E-state index is 0.100. The van der Waals surface area contributed by atoms with Crippen LogP contribution in [0.25, 0.3) is 17.7 Å². The predicted molar refractivity (Wildman–Crippen MR) is 163 cm³/mol. The Bertz CT molecular complexity index is 1690. The topological polar surface area (TPSA) is 153 Å². The summed E-state index contributed by atoms with van der Waals surface area (Å²) in [6.45, 7) is -0.532. The number of allylic oxidation sites excluding steroid dienone is 1. The van der Waals surface area contributed by atoms with Gasteiger partial charge in [0.05, 0.1) is 17.9 Å². The van der Waals surface area contributed by atoms with Crippen LogP contribution in [-0.2, 0) is 11.8 Å². The lowest BCUT2D eigenvalue weighted by Crippen LogP contribution is -2.24. The molecule has 1 aliphatic rings. The molecule has 222 valence electrons. The third-order valence-electron chi connectivity index (χ3n) is 6.76. The lowest BCUT2D eigenvalue weighted by atomic mass is 9.95. The third kappa shape index (κ3) is 7.35. The number of pyridine rings is 1. The minimum atomic E-state index is -0.532. The van der Waals surface area contributed by atoms with E-state index in [4.69, 9.17) is 5.41 Å². The number of hydrogen-bond acceptors (Lipinski definition) is 8. The molecule has 1 aliphatic carbocycles. The molecule has 0 atom stereocenters. The molecule has 2 heterocycles. The maximum absolute atomic E-state index is 15.5. The Morgan fingerprint density at radius 3 is 2.63 bits per heavy atom. The van der Waals surface area contributed by atoms with Gasteiger partial charge in [0, 0.05) is 50.9 Å². The van der Waals surface area contributed by atoms with E-state index >= 15 is 4.39 Å². The van der Waals surface area contributed by atoms with Crippen LogP contribution in [0.2, 0.25) is 0 Å². The standard InChI is InChI=1S/C31H32FN7O4/c1-38(2)30(42)21-6-7-29(35-16-21)36-28-15-27(37-39(3)31(28)43)24(8-10-33)23(17-40)13-25-20(9-11-34-18-41)12-22(14-26(25)32)19-4-5-19/h6-16,18-19,33,40H,4-5,17H2,1-3H3,(H,34,41)(H,35,36)/b11-9-,23-13+,24-8+,33-10?. The summed E-state index contributed by atoms with van der Waals surface area (Å²) in [4.78, 5) is 41.6. The Morgan fingerprint density at radius 2 is 2.02 bits per heavy atom. The Morgan fingerprint density at radius 1 is 1.26 bits per heavy atom. The van der Waals surface area contributed by atoms with Crippen LogP contribution in [0.4, 0.5) is 15.9 Å². The number of amides is 2. The van der Waals surface area contributed by atoms with Crippen molar-refractivity contribution in [2.75, 3.05) is 26.0 Å². The van der Waals surface area contributed by atoms with E-state index in [1.165, 1.54) is 48.6 Å². The molecule has 0 bridgehead atoms. The number of nitrogens with one attached hydrogen (secondary N) is 3. The number of carbonyl (C=O) groups excluding carboxylic acids is 2. The number of nitrogens with zero attached hydrogens (tertiary/aromatic N) is 4. The van der Waals surface area contributed by atoms with E-state index in [1.54, 1.807) is 32.3 Å². The summed E-state index contributed by atoms with van der Waals surface area (Å²) in [6.07, 6.45) is 10.7. The lowest BCUT2D eigenvalue weighted by Gasteiger charge is -2.15. The fraction of sp³-hybridized carbons (Fsp3) is 0.226. The summed E-state index contributed by atoms with van der Waals surface area (Å²) in [5.41, 5.74) is 2.27. The quantitative estimate of drug-likeness (QED) is 0.144. The van der Waals surface area contributed by atoms with Crippen LogP contribution < -0.4 is 16.2 Å². The van der Waals surface area contributed by atoms with Crippen molar-refractivity contribution in [2.45, 2.75) is 18.8 Å². The van der Waals surface area contributed by atoms with Crippen molar-refractivity contribution in [3.63, 3.8) is 0 Å². The maximum atomic E-state index is 15.5. The second kappa shape index (κ2) is 13.6. The molecule has 0 radical (unpaired) electrons. The normalized spacial score (nSPS) is 13.6. The number of aliphatic hydroxyl groups excluding tert-OH is 1. The highest BCUT2D eigenvalue weighted by atomic mass is 19.1. The molecule has 3 aromatic rings. The molecule has 0 aliphatic heterocycles. The number of rotatable bonds is 12. The molecular weight excluding hydrogens is 553 g/mol. The zero-order chi connectivity index (χ0) is 31.1. The molecular formula is C31H32FN7O4. The number of aromatic nitrogens is 3. The van der Waals surface area contributed by atoms with E-state index in [1.807, 2.05) is 6.07 Å². The molecule has 12 heteroatoms. The van der Waals surface area contributed by atoms with E-state index in [9.17, 15) is 19.5 Å². The average molecular weight is 586 g/mol. The monoisotopic (exact) mass is 585 g/mol. The first kappa shape index (κ1) is 30.7. The Kier molecular flexibility index (Phi) is 9.73. The van der Waals surface area contributed by atoms with Crippen LogP contribution in [0.3, 0.4) is 0 Å². The van der Waals surface area contributed by atoms with Crippen molar-refractivity contribution in [3.8, 4) is 0 Å². The van der Waals surface area contributed by atoms with Gasteiger partial charge >= 0.3 is 0 Å². The van der Waals surface area contributed by atoms with E-state index < -0.39 is 18.0 Å². The van der Waals surface area contributed by atoms with Gasteiger partial charge in [0.1, 0.15) is 17.3 Å². The molecule has 11 nitrogen and oxygen atoms in total. The predicted octanol–water partition coefficient (Wildman–Crippen LogP) is 3.46. The van der Waals surface area contributed by atoms with Crippen molar-refractivity contribution >= 4 is 47.8 Å². The molecule has 0 unspecified atom stereocenters. The fourth-order valence-corrected chi connectivity index (χ4v) is 4.42. The molecule has 1 saturated carbocycles. The molecule has 43 heavy (non-hydrogen) atoms. The largest absolute Gasteiger partial charge is 0.392 e. The molecule has 1 aromatic carbocycles. The lowest BCUT2D eigenvalue weighted by molar-refractivity contribution is -0.108. The van der Waals surface area contributed by atoms with Crippen molar-refractivity contribution in [3.05, 3.63) is 98.5 Å². The number of hydrogen-bond donors (Lipinski definition) is 4. The zero-order valence-corrected chi connectivity index (χ0v) is 24.0. The van der Waals surface area contributed by atoms with Crippen LogP contribution in [0.15, 0.2) is 59.2 Å². The fourth-order valence-electron chi connectivity index (χ4n) is 4.42. The Balaban J connectivity index is 1.75. The molecule has 4 rings (SSSR count). The Hall–Kier alpha value is -5.23. The highest BCUT2D eigenvalue weighted by Gasteiger charge is 2.25. The van der Waals surface area contributed by atoms with Gasteiger partial charge in [-0.25, -0.2) is 14.1 Å². The molecule has 2 amide bonds. The van der Waals surface area contributed by atoms with Gasteiger partial charge in [-0.2, -0.15) is 5.10 Å². The Labute approximate surface area is 247 Å². The summed E-state index contributed by atoms with van der Waals surface area (Å²) in [6, 6.07) is 7.91. The number of aryl methyl sites for hydroxylation is 1. The van der Waals surface area contributed by atoms with Gasteiger partial charge in [0.15, 0.2) is 0 Å². The highest BCUT2D eigenvalue weighted by molar-refractivity contribution is 5.94. The van der Waals surface area contributed by atoms with E-state index in [0.29, 0.717) is 23.4 Å². The van der Waals surface area contributed by atoms with E-state index in [0.717, 1.165) is 29.3 Å². The average Bonchev–Trinajstić information content (AvgIpc) is 3.84. The van der Waals surface area contributed by atoms with Crippen LogP contribution in [0.1, 0.15) is 51.5 Å². The van der Waals surface area contributed by atoms with Crippen molar-refractivity contribution < 1.29 is 19.1 Å². The second-order valence-electron chi connectivity index (χ2n) is 10.1. The summed E-state index contributed by atoms with van der Waals surface area (Å²) < 4.78 is 16.6. The van der Waals surface area contributed by atoms with Gasteiger partial charge in [-0.1, -0.05) is 6.07 Å². The molecule has 4 N–H and O–H groups in total. The number of anilines is 2. The number of benzene rings is 1. The first-order valence-electron chi connectivity index (χ1n) is 13.4. The minimum Gasteiger partial charge on any atom is -0.392 e. The van der Waals surface area contributed by atoms with Gasteiger partial charge < -0.3 is 26.0 Å². The SMILES string of the molecule is CN(C)C(=O)c1ccc(Nc2cc(C(=C/C=N)/C(=C/c3c(F)cc(C4CC4)cc3/C=C\NC=O)CO)nn(C)c2=O)nc1. The zero-order valence-electron chi connectivity index (χ0n) is 24.0. The molecule has 1 fully saturated rings. The van der Waals surface area contributed by atoms with Crippen LogP contribution >= 0.6 is 0 Å². The van der Waals surface area contributed by atoms with Crippen LogP contribution in [0, 0.1) is 11.2 Å². The summed E-state index contributed by atoms with van der Waals surface area (Å²) in [5.74, 6) is -0.140. The van der Waals surface area contributed by atoms with Gasteiger partial charge in [-0.15, -0.1) is 0 Å². The van der Waals surface area contributed by atoms with Crippen LogP contribution in [0.5, 0.6) is 0 Å². The van der Waals surface area contributed by atoms with Crippen molar-refractivity contribution in [1.82, 2.24) is 25.0 Å². The first-order valence-corrected chi connectivity index (χ1v) is 13.4. The summed E-state index contributed by atoms with van der Waals surface area (Å²) >= 11 is 0. The smallest absolute Gasteiger partial charge is 0.290 e.